The van der Waals surface area contributed by atoms with Crippen molar-refractivity contribution < 1.29 is 18.8 Å². The van der Waals surface area contributed by atoms with Crippen LogP contribution in [0.2, 0.25) is 0 Å². The highest BCUT2D eigenvalue weighted by Gasteiger charge is 2.51. The average Bonchev–Trinajstić information content (AvgIpc) is 2.89. The first-order valence-corrected chi connectivity index (χ1v) is 10.4. The summed E-state index contributed by atoms with van der Waals surface area (Å²) >= 11 is 5.61. The van der Waals surface area contributed by atoms with E-state index in [0.717, 1.165) is 37.8 Å². The van der Waals surface area contributed by atoms with Gasteiger partial charge in [-0.3, -0.25) is 4.79 Å². The number of ether oxygens (including phenoxy) is 1. The monoisotopic (exact) mass is 409 g/mol. The van der Waals surface area contributed by atoms with E-state index in [9.17, 15) is 4.79 Å². The molecule has 0 N–H and O–H groups in total. The van der Waals surface area contributed by atoms with Crippen LogP contribution in [0.5, 0.6) is 6.01 Å². The molecule has 28 heavy (non-hydrogen) atoms. The molecule has 2 aliphatic heterocycles. The quantitative estimate of drug-likeness (QED) is 0.529. The Morgan fingerprint density at radius 1 is 1.21 bits per heavy atom. The molecule has 3 rings (SSSR count). The smallest absolute Gasteiger partial charge is 0.463 e. The van der Waals surface area contributed by atoms with E-state index in [4.69, 9.17) is 25.6 Å². The van der Waals surface area contributed by atoms with Gasteiger partial charge >= 0.3 is 13.1 Å². The Morgan fingerprint density at radius 3 is 2.32 bits per heavy atom. The van der Waals surface area contributed by atoms with E-state index in [0.29, 0.717) is 18.5 Å². The SMILES string of the molecule is CC1(C)OB(c2cnc(OCCC3CCN(C(=O)CCl)CC3)nc2)OC1(C)C. The van der Waals surface area contributed by atoms with Crippen molar-refractivity contribution in [3.8, 4) is 6.01 Å². The molecule has 0 bridgehead atoms. The lowest BCUT2D eigenvalue weighted by atomic mass is 9.81. The van der Waals surface area contributed by atoms with Crippen LogP contribution in [0, 0.1) is 5.92 Å². The summed E-state index contributed by atoms with van der Waals surface area (Å²) in [5.41, 5.74) is -0.00421. The molecule has 1 amide bonds. The number of carbonyl (C=O) groups excluding carboxylic acids is 1. The minimum atomic E-state index is -0.472. The number of alkyl halides is 1. The molecular weight excluding hydrogens is 380 g/mol. The van der Waals surface area contributed by atoms with Crippen molar-refractivity contribution in [1.29, 1.82) is 0 Å². The topological polar surface area (TPSA) is 73.8 Å². The summed E-state index contributed by atoms with van der Waals surface area (Å²) in [5, 5.41) is 0. The molecule has 2 aliphatic rings. The van der Waals surface area contributed by atoms with E-state index in [2.05, 4.69) is 9.97 Å². The summed E-state index contributed by atoms with van der Waals surface area (Å²) in [6.07, 6.45) is 6.27. The maximum Gasteiger partial charge on any atom is 0.498 e. The maximum absolute atomic E-state index is 11.6. The molecule has 0 spiro atoms. The third-order valence-electron chi connectivity index (χ3n) is 6.01. The lowest BCUT2D eigenvalue weighted by Gasteiger charge is -2.32. The fourth-order valence-corrected chi connectivity index (χ4v) is 3.54. The van der Waals surface area contributed by atoms with E-state index >= 15 is 0 Å². The zero-order valence-electron chi connectivity index (χ0n) is 17.1. The van der Waals surface area contributed by atoms with Gasteiger partial charge in [0.05, 0.1) is 17.8 Å². The molecule has 2 saturated heterocycles. The Bertz CT molecular complexity index is 662. The van der Waals surface area contributed by atoms with Gasteiger partial charge in [-0.05, 0) is 52.9 Å². The number of halogens is 1. The van der Waals surface area contributed by atoms with Crippen LogP contribution < -0.4 is 10.2 Å². The number of hydrogen-bond donors (Lipinski definition) is 0. The molecule has 0 atom stereocenters. The molecule has 1 aromatic heterocycles. The van der Waals surface area contributed by atoms with Crippen molar-refractivity contribution in [1.82, 2.24) is 14.9 Å². The van der Waals surface area contributed by atoms with Gasteiger partial charge in [-0.15, -0.1) is 11.6 Å². The highest BCUT2D eigenvalue weighted by atomic mass is 35.5. The summed E-state index contributed by atoms with van der Waals surface area (Å²) in [6, 6.07) is 0.357. The summed E-state index contributed by atoms with van der Waals surface area (Å²) in [7, 11) is -0.472. The number of hydrogen-bond acceptors (Lipinski definition) is 6. The van der Waals surface area contributed by atoms with Crippen molar-refractivity contribution >= 4 is 30.1 Å². The van der Waals surface area contributed by atoms with Crippen molar-refractivity contribution in [3.05, 3.63) is 12.4 Å². The number of piperidine rings is 1. The third kappa shape index (κ3) is 4.78. The Morgan fingerprint density at radius 2 is 1.79 bits per heavy atom. The van der Waals surface area contributed by atoms with Crippen LogP contribution in [0.3, 0.4) is 0 Å². The Labute approximate surface area is 172 Å². The minimum Gasteiger partial charge on any atom is -0.463 e. The molecule has 0 aliphatic carbocycles. The Hall–Kier alpha value is -1.38. The molecule has 3 heterocycles. The molecule has 0 unspecified atom stereocenters. The molecule has 0 saturated carbocycles. The molecule has 154 valence electrons. The third-order valence-corrected chi connectivity index (χ3v) is 6.24. The van der Waals surface area contributed by atoms with Gasteiger partial charge in [0.1, 0.15) is 5.88 Å². The van der Waals surface area contributed by atoms with Gasteiger partial charge in [0, 0.05) is 30.9 Å². The number of likely N-dealkylation sites (tertiary alicyclic amines) is 1. The van der Waals surface area contributed by atoms with Gasteiger partial charge in [-0.2, -0.15) is 0 Å². The molecule has 7 nitrogen and oxygen atoms in total. The molecular formula is C19H29BClN3O4. The second kappa shape index (κ2) is 8.55. The number of amides is 1. The van der Waals surface area contributed by atoms with Gasteiger partial charge in [0.2, 0.25) is 5.91 Å². The molecule has 0 radical (unpaired) electrons. The Balaban J connectivity index is 1.43. The van der Waals surface area contributed by atoms with Crippen LogP contribution in [-0.4, -0.2) is 64.7 Å². The zero-order valence-corrected chi connectivity index (χ0v) is 17.9. The van der Waals surface area contributed by atoms with E-state index in [1.54, 1.807) is 12.4 Å². The second-order valence-corrected chi connectivity index (χ2v) is 8.75. The largest absolute Gasteiger partial charge is 0.498 e. The van der Waals surface area contributed by atoms with E-state index < -0.39 is 18.3 Å². The first kappa shape index (κ1) is 21.3. The van der Waals surface area contributed by atoms with Crippen molar-refractivity contribution in [2.24, 2.45) is 5.92 Å². The van der Waals surface area contributed by atoms with Crippen LogP contribution in [0.25, 0.3) is 0 Å². The molecule has 2 fully saturated rings. The zero-order chi connectivity index (χ0) is 20.4. The van der Waals surface area contributed by atoms with Gasteiger partial charge in [-0.1, -0.05) is 0 Å². The minimum absolute atomic E-state index is 0.0202. The van der Waals surface area contributed by atoms with Gasteiger partial charge < -0.3 is 18.9 Å². The van der Waals surface area contributed by atoms with Crippen LogP contribution in [0.1, 0.15) is 47.0 Å². The summed E-state index contributed by atoms with van der Waals surface area (Å²) < 4.78 is 17.7. The highest BCUT2D eigenvalue weighted by Crippen LogP contribution is 2.36. The van der Waals surface area contributed by atoms with E-state index in [1.165, 1.54) is 0 Å². The van der Waals surface area contributed by atoms with Crippen molar-refractivity contribution in [3.63, 3.8) is 0 Å². The fraction of sp³-hybridized carbons (Fsp3) is 0.737. The second-order valence-electron chi connectivity index (χ2n) is 8.48. The van der Waals surface area contributed by atoms with Crippen molar-refractivity contribution in [2.45, 2.75) is 58.2 Å². The van der Waals surface area contributed by atoms with Crippen LogP contribution >= 0.6 is 11.6 Å². The normalized spacial score (nSPS) is 21.8. The predicted octanol–water partition coefficient (Wildman–Crippen LogP) is 2.02. The predicted molar refractivity (Wildman–Crippen MR) is 108 cm³/mol. The van der Waals surface area contributed by atoms with Crippen molar-refractivity contribution in [2.75, 3.05) is 25.6 Å². The number of carbonyl (C=O) groups is 1. The summed E-state index contributed by atoms with van der Waals surface area (Å²) in [4.78, 5) is 22.0. The van der Waals surface area contributed by atoms with E-state index in [-0.39, 0.29) is 11.8 Å². The van der Waals surface area contributed by atoms with Crippen LogP contribution in [0.4, 0.5) is 0 Å². The highest BCUT2D eigenvalue weighted by molar-refractivity contribution is 6.61. The van der Waals surface area contributed by atoms with Gasteiger partial charge in [-0.25, -0.2) is 9.97 Å². The van der Waals surface area contributed by atoms with Crippen LogP contribution in [0.15, 0.2) is 12.4 Å². The van der Waals surface area contributed by atoms with Gasteiger partial charge in [0.25, 0.3) is 0 Å². The number of aromatic nitrogens is 2. The fourth-order valence-electron chi connectivity index (χ4n) is 3.37. The number of nitrogens with zero attached hydrogens (tertiary/aromatic N) is 3. The Kier molecular flexibility index (Phi) is 6.52. The summed E-state index contributed by atoms with van der Waals surface area (Å²) in [5.74, 6) is 0.628. The van der Waals surface area contributed by atoms with Crippen LogP contribution in [-0.2, 0) is 14.1 Å². The first-order valence-electron chi connectivity index (χ1n) is 9.86. The standard InChI is InChI=1S/C19H29BClN3O4/c1-18(2)19(3,4)28-20(27-18)15-12-22-17(23-13-15)26-10-7-14-5-8-24(9-6-14)16(25)11-21/h12-14H,5-11H2,1-4H3. The average molecular weight is 410 g/mol. The molecule has 1 aromatic rings. The van der Waals surface area contributed by atoms with Gasteiger partial charge in [0.15, 0.2) is 0 Å². The molecule has 0 aromatic carbocycles. The number of rotatable bonds is 6. The lowest BCUT2D eigenvalue weighted by Crippen LogP contribution is -2.41. The van der Waals surface area contributed by atoms with E-state index in [1.807, 2.05) is 32.6 Å². The maximum atomic E-state index is 11.6. The first-order chi connectivity index (χ1) is 13.2. The lowest BCUT2D eigenvalue weighted by molar-refractivity contribution is -0.129. The molecule has 9 heteroatoms. The summed E-state index contributed by atoms with van der Waals surface area (Å²) in [6.45, 7) is 10.2.